The van der Waals surface area contributed by atoms with Crippen molar-refractivity contribution in [2.24, 2.45) is 0 Å². The minimum Gasteiger partial charge on any atom is -0.284 e. The van der Waals surface area contributed by atoms with Crippen LogP contribution in [-0.2, 0) is 26.3 Å². The van der Waals surface area contributed by atoms with Gasteiger partial charge < -0.3 is 0 Å². The van der Waals surface area contributed by atoms with E-state index in [0.29, 0.717) is 18.0 Å². The first-order valence-corrected chi connectivity index (χ1v) is 9.80. The van der Waals surface area contributed by atoms with Gasteiger partial charge in [0.05, 0.1) is 11.5 Å². The predicted molar refractivity (Wildman–Crippen MR) is 78.0 cm³/mol. The molecule has 0 unspecified atom stereocenters. The molecule has 0 amide bonds. The number of rotatable bonds is 7. The highest BCUT2D eigenvalue weighted by molar-refractivity contribution is 7.95. The van der Waals surface area contributed by atoms with Crippen molar-refractivity contribution in [3.05, 3.63) is 29.8 Å². The first-order valence-electron chi connectivity index (χ1n) is 5.55. The molecule has 8 heteroatoms. The van der Waals surface area contributed by atoms with Crippen LogP contribution < -0.4 is 4.72 Å². The van der Waals surface area contributed by atoms with Gasteiger partial charge in [-0.25, -0.2) is 16.8 Å². The first kappa shape index (κ1) is 16.3. The lowest BCUT2D eigenvalue weighted by Crippen LogP contribution is -2.22. The summed E-state index contributed by atoms with van der Waals surface area (Å²) in [5, 5.41) is 0. The molecule has 1 aromatic rings. The summed E-state index contributed by atoms with van der Waals surface area (Å²) in [7, 11) is -6.95. The van der Waals surface area contributed by atoms with Gasteiger partial charge in [-0.05, 0) is 24.1 Å². The Morgan fingerprint density at radius 3 is 2.11 bits per heavy atom. The number of anilines is 1. The highest BCUT2D eigenvalue weighted by atomic mass is 35.5. The molecule has 0 aliphatic rings. The number of sulfone groups is 1. The SMILES string of the molecule is CS(=O)(=O)CCS(=O)(=O)Nc1ccc(CCCl)cc1. The van der Waals surface area contributed by atoms with Crippen LogP contribution in [0.4, 0.5) is 5.69 Å². The Labute approximate surface area is 118 Å². The highest BCUT2D eigenvalue weighted by Gasteiger charge is 2.14. The number of hydrogen-bond donors (Lipinski definition) is 1. The second-order valence-electron chi connectivity index (χ2n) is 4.19. The molecule has 0 aromatic heterocycles. The molecule has 0 bridgehead atoms. The van der Waals surface area contributed by atoms with Crippen LogP contribution in [0, 0.1) is 0 Å². The van der Waals surface area contributed by atoms with E-state index in [0.717, 1.165) is 11.8 Å². The van der Waals surface area contributed by atoms with E-state index in [1.165, 1.54) is 0 Å². The Balaban J connectivity index is 2.67. The molecule has 19 heavy (non-hydrogen) atoms. The largest absolute Gasteiger partial charge is 0.284 e. The van der Waals surface area contributed by atoms with Gasteiger partial charge in [0.15, 0.2) is 0 Å². The number of alkyl halides is 1. The molecule has 0 radical (unpaired) electrons. The van der Waals surface area contributed by atoms with Gasteiger partial charge >= 0.3 is 0 Å². The fourth-order valence-electron chi connectivity index (χ4n) is 1.34. The third kappa shape index (κ3) is 6.79. The van der Waals surface area contributed by atoms with Crippen LogP contribution in [0.15, 0.2) is 24.3 Å². The number of sulfonamides is 1. The lowest BCUT2D eigenvalue weighted by molar-refractivity contribution is 0.593. The molecule has 0 aliphatic carbocycles. The van der Waals surface area contributed by atoms with Gasteiger partial charge in [0.1, 0.15) is 9.84 Å². The lowest BCUT2D eigenvalue weighted by atomic mass is 10.2. The van der Waals surface area contributed by atoms with Crippen LogP contribution in [0.1, 0.15) is 5.56 Å². The standard InChI is InChI=1S/C11H16ClNO4S2/c1-18(14,15)8-9-19(16,17)13-11-4-2-10(3-5-11)6-7-12/h2-5,13H,6-9H2,1H3. The summed E-state index contributed by atoms with van der Waals surface area (Å²) in [5.74, 6) is -0.346. The van der Waals surface area contributed by atoms with E-state index >= 15 is 0 Å². The Hall–Kier alpha value is -0.790. The molecule has 1 rings (SSSR count). The summed E-state index contributed by atoms with van der Waals surface area (Å²) in [4.78, 5) is 0. The van der Waals surface area contributed by atoms with E-state index in [2.05, 4.69) is 4.72 Å². The summed E-state index contributed by atoms with van der Waals surface area (Å²) in [6.07, 6.45) is 1.71. The number of hydrogen-bond acceptors (Lipinski definition) is 4. The van der Waals surface area contributed by atoms with Crippen LogP contribution in [-0.4, -0.2) is 40.5 Å². The second-order valence-corrected chi connectivity index (χ2v) is 8.67. The smallest absolute Gasteiger partial charge is 0.233 e. The minimum atomic E-state index is -3.65. The maximum Gasteiger partial charge on any atom is 0.233 e. The van der Waals surface area contributed by atoms with Crippen molar-refractivity contribution in [3.63, 3.8) is 0 Å². The summed E-state index contributed by atoms with van der Waals surface area (Å²) >= 11 is 5.60. The van der Waals surface area contributed by atoms with Crippen molar-refractivity contribution in [1.82, 2.24) is 0 Å². The van der Waals surface area contributed by atoms with Gasteiger partial charge in [-0.2, -0.15) is 0 Å². The van der Waals surface area contributed by atoms with Gasteiger partial charge in [0.25, 0.3) is 0 Å². The predicted octanol–water partition coefficient (Wildman–Crippen LogP) is 1.25. The van der Waals surface area contributed by atoms with Crippen molar-refractivity contribution in [2.45, 2.75) is 6.42 Å². The fourth-order valence-corrected chi connectivity index (χ4v) is 4.24. The molecular weight excluding hydrogens is 310 g/mol. The van der Waals surface area contributed by atoms with E-state index in [-0.39, 0.29) is 0 Å². The van der Waals surface area contributed by atoms with Crippen LogP contribution in [0.5, 0.6) is 0 Å². The van der Waals surface area contributed by atoms with Gasteiger partial charge in [-0.3, -0.25) is 4.72 Å². The Kier molecular flexibility index (Phi) is 5.64. The Morgan fingerprint density at radius 1 is 1.05 bits per heavy atom. The van der Waals surface area contributed by atoms with Crippen molar-refractivity contribution in [3.8, 4) is 0 Å². The molecule has 5 nitrogen and oxygen atoms in total. The average molecular weight is 326 g/mol. The molecule has 0 aliphatic heterocycles. The molecule has 1 aromatic carbocycles. The molecule has 0 spiro atoms. The fraction of sp³-hybridized carbons (Fsp3) is 0.455. The lowest BCUT2D eigenvalue weighted by Gasteiger charge is -2.08. The number of nitrogens with one attached hydrogen (secondary N) is 1. The van der Waals surface area contributed by atoms with Crippen molar-refractivity contribution < 1.29 is 16.8 Å². The quantitative estimate of drug-likeness (QED) is 0.765. The van der Waals surface area contributed by atoms with Gasteiger partial charge in [0.2, 0.25) is 10.0 Å². The molecule has 1 N–H and O–H groups in total. The molecule has 0 saturated carbocycles. The van der Waals surface area contributed by atoms with Crippen LogP contribution in [0.3, 0.4) is 0 Å². The Morgan fingerprint density at radius 2 is 1.63 bits per heavy atom. The van der Waals surface area contributed by atoms with Crippen molar-refractivity contribution in [2.75, 3.05) is 28.4 Å². The summed E-state index contributed by atoms with van der Waals surface area (Å²) in [5.41, 5.74) is 1.42. The highest BCUT2D eigenvalue weighted by Crippen LogP contribution is 2.12. The third-order valence-corrected chi connectivity index (χ3v) is 5.01. The molecule has 108 valence electrons. The zero-order valence-electron chi connectivity index (χ0n) is 10.5. The van der Waals surface area contributed by atoms with E-state index in [9.17, 15) is 16.8 Å². The maximum atomic E-state index is 11.7. The molecular formula is C11H16ClNO4S2. The molecule has 0 atom stereocenters. The van der Waals surface area contributed by atoms with Crippen molar-refractivity contribution in [1.29, 1.82) is 0 Å². The number of aryl methyl sites for hydroxylation is 1. The molecule has 0 heterocycles. The van der Waals surface area contributed by atoms with E-state index in [4.69, 9.17) is 11.6 Å². The zero-order valence-corrected chi connectivity index (χ0v) is 12.9. The number of halogens is 1. The van der Waals surface area contributed by atoms with Gasteiger partial charge in [-0.1, -0.05) is 12.1 Å². The van der Waals surface area contributed by atoms with Crippen LogP contribution >= 0.6 is 11.6 Å². The molecule has 0 saturated heterocycles. The second kappa shape index (κ2) is 6.58. The maximum absolute atomic E-state index is 11.7. The monoisotopic (exact) mass is 325 g/mol. The van der Waals surface area contributed by atoms with Gasteiger partial charge in [0, 0.05) is 17.8 Å². The van der Waals surface area contributed by atoms with E-state index in [1.807, 2.05) is 0 Å². The van der Waals surface area contributed by atoms with Crippen LogP contribution in [0.2, 0.25) is 0 Å². The zero-order chi connectivity index (χ0) is 14.5. The van der Waals surface area contributed by atoms with E-state index < -0.39 is 31.4 Å². The van der Waals surface area contributed by atoms with Gasteiger partial charge in [-0.15, -0.1) is 11.6 Å². The third-order valence-electron chi connectivity index (χ3n) is 2.33. The van der Waals surface area contributed by atoms with E-state index in [1.54, 1.807) is 24.3 Å². The summed E-state index contributed by atoms with van der Waals surface area (Å²) < 4.78 is 47.5. The topological polar surface area (TPSA) is 80.3 Å². The molecule has 0 fully saturated rings. The summed E-state index contributed by atoms with van der Waals surface area (Å²) in [6, 6.07) is 6.80. The normalized spacial score (nSPS) is 12.3. The summed E-state index contributed by atoms with van der Waals surface area (Å²) in [6.45, 7) is 0. The van der Waals surface area contributed by atoms with Crippen LogP contribution in [0.25, 0.3) is 0 Å². The Bertz CT molecular complexity index is 609. The van der Waals surface area contributed by atoms with Crippen molar-refractivity contribution >= 4 is 37.1 Å². The minimum absolute atomic E-state index is 0.396. The average Bonchev–Trinajstić information content (AvgIpc) is 2.29. The number of benzene rings is 1. The first-order chi connectivity index (χ1) is 8.72.